The van der Waals surface area contributed by atoms with Gasteiger partial charge < -0.3 is 21.1 Å². The molecular weight excluding hydrogens is 250 g/mol. The smallest absolute Gasteiger partial charge is 0.315 e. The Morgan fingerprint density at radius 1 is 1.32 bits per heavy atom. The van der Waals surface area contributed by atoms with Crippen molar-refractivity contribution in [2.45, 2.75) is 51.1 Å². The van der Waals surface area contributed by atoms with Gasteiger partial charge in [0.15, 0.2) is 0 Å². The van der Waals surface area contributed by atoms with E-state index < -0.39 is 18.0 Å². The summed E-state index contributed by atoms with van der Waals surface area (Å²) in [7, 11) is 0. The minimum Gasteiger partial charge on any atom is -0.481 e. The average Bonchev–Trinajstić information content (AvgIpc) is 3.09. The molecule has 1 fully saturated rings. The average molecular weight is 271 g/mol. The van der Waals surface area contributed by atoms with Crippen molar-refractivity contribution in [2.24, 2.45) is 0 Å². The van der Waals surface area contributed by atoms with Crippen LogP contribution < -0.4 is 16.0 Å². The molecule has 108 valence electrons. The molecule has 0 aromatic heterocycles. The number of rotatable bonds is 8. The molecule has 0 spiro atoms. The normalized spacial score (nSPS) is 15.4. The van der Waals surface area contributed by atoms with E-state index in [9.17, 15) is 14.4 Å². The Labute approximate surface area is 112 Å². The maximum atomic E-state index is 11.5. The Balaban J connectivity index is 2.22. The Morgan fingerprint density at radius 2 is 2.00 bits per heavy atom. The van der Waals surface area contributed by atoms with E-state index in [-0.39, 0.29) is 24.9 Å². The lowest BCUT2D eigenvalue weighted by Crippen LogP contribution is -2.46. The highest BCUT2D eigenvalue weighted by Gasteiger charge is 2.23. The molecular formula is C12H21N3O4. The summed E-state index contributed by atoms with van der Waals surface area (Å²) in [6, 6.07) is -0.656. The van der Waals surface area contributed by atoms with Crippen molar-refractivity contribution in [3.63, 3.8) is 0 Å². The van der Waals surface area contributed by atoms with Crippen LogP contribution in [0.25, 0.3) is 0 Å². The van der Waals surface area contributed by atoms with Gasteiger partial charge in [0, 0.05) is 12.1 Å². The molecule has 1 saturated carbocycles. The second-order valence-electron chi connectivity index (χ2n) is 4.75. The number of carbonyl (C=O) groups excluding carboxylic acids is 2. The summed E-state index contributed by atoms with van der Waals surface area (Å²) in [5.74, 6) is -1.17. The lowest BCUT2D eigenvalue weighted by Gasteiger charge is -2.16. The molecule has 0 saturated heterocycles. The summed E-state index contributed by atoms with van der Waals surface area (Å²) in [4.78, 5) is 33.5. The number of urea groups is 1. The second-order valence-corrected chi connectivity index (χ2v) is 4.75. The van der Waals surface area contributed by atoms with Crippen LogP contribution in [0.1, 0.15) is 39.0 Å². The molecule has 1 atom stereocenters. The highest BCUT2D eigenvalue weighted by Crippen LogP contribution is 2.18. The summed E-state index contributed by atoms with van der Waals surface area (Å²) in [5.41, 5.74) is 0. The Bertz CT molecular complexity index is 342. The first-order chi connectivity index (χ1) is 9.01. The van der Waals surface area contributed by atoms with Gasteiger partial charge >= 0.3 is 12.0 Å². The van der Waals surface area contributed by atoms with E-state index in [0.29, 0.717) is 6.42 Å². The zero-order valence-corrected chi connectivity index (χ0v) is 11.1. The molecule has 7 nitrogen and oxygen atoms in total. The molecule has 0 bridgehead atoms. The molecule has 0 aromatic rings. The van der Waals surface area contributed by atoms with Crippen LogP contribution >= 0.6 is 0 Å². The molecule has 1 aliphatic rings. The van der Waals surface area contributed by atoms with Crippen LogP contribution in [0.15, 0.2) is 0 Å². The van der Waals surface area contributed by atoms with E-state index in [1.165, 1.54) is 0 Å². The lowest BCUT2D eigenvalue weighted by atomic mass is 10.1. The second kappa shape index (κ2) is 7.60. The monoisotopic (exact) mass is 271 g/mol. The summed E-state index contributed by atoms with van der Waals surface area (Å²) in [5, 5.41) is 16.4. The van der Waals surface area contributed by atoms with E-state index in [2.05, 4.69) is 16.0 Å². The minimum absolute atomic E-state index is 0.0890. The third-order valence-corrected chi connectivity index (χ3v) is 2.75. The number of hydrogen-bond acceptors (Lipinski definition) is 3. The molecule has 0 radical (unpaired) electrons. The number of hydrogen-bond donors (Lipinski definition) is 4. The highest BCUT2D eigenvalue weighted by molar-refractivity contribution is 5.84. The Morgan fingerprint density at radius 3 is 2.53 bits per heavy atom. The molecule has 7 heteroatoms. The van der Waals surface area contributed by atoms with Crippen LogP contribution in [0, 0.1) is 0 Å². The molecule has 1 rings (SSSR count). The van der Waals surface area contributed by atoms with Crippen molar-refractivity contribution in [3.05, 3.63) is 0 Å². The standard InChI is InChI=1S/C12H21N3O4/c1-2-3-9(6-11(17)18)15-12(19)13-7-10(16)14-8-4-5-8/h8-9H,2-7H2,1H3,(H,14,16)(H,17,18)(H2,13,15,19). The maximum Gasteiger partial charge on any atom is 0.315 e. The summed E-state index contributed by atoms with van der Waals surface area (Å²) in [6.07, 6.45) is 3.24. The molecule has 4 N–H and O–H groups in total. The number of amides is 3. The SMILES string of the molecule is CCCC(CC(=O)O)NC(=O)NCC(=O)NC1CC1. The molecule has 0 aliphatic heterocycles. The van der Waals surface area contributed by atoms with Crippen molar-refractivity contribution in [3.8, 4) is 0 Å². The van der Waals surface area contributed by atoms with Crippen molar-refractivity contribution in [1.29, 1.82) is 0 Å². The number of carboxylic acids is 1. The predicted molar refractivity (Wildman–Crippen MR) is 68.6 cm³/mol. The number of carbonyl (C=O) groups is 3. The fourth-order valence-electron chi connectivity index (χ4n) is 1.69. The number of aliphatic carboxylic acids is 1. The van der Waals surface area contributed by atoms with Crippen molar-refractivity contribution >= 4 is 17.9 Å². The first-order valence-electron chi connectivity index (χ1n) is 6.56. The van der Waals surface area contributed by atoms with E-state index in [1.54, 1.807) is 0 Å². The van der Waals surface area contributed by atoms with Gasteiger partial charge in [-0.2, -0.15) is 0 Å². The lowest BCUT2D eigenvalue weighted by molar-refractivity contribution is -0.137. The fraction of sp³-hybridized carbons (Fsp3) is 0.750. The first kappa shape index (κ1) is 15.3. The van der Waals surface area contributed by atoms with E-state index in [0.717, 1.165) is 19.3 Å². The van der Waals surface area contributed by atoms with Gasteiger partial charge in [-0.3, -0.25) is 9.59 Å². The van der Waals surface area contributed by atoms with Crippen LogP contribution in [-0.2, 0) is 9.59 Å². The van der Waals surface area contributed by atoms with E-state index in [4.69, 9.17) is 5.11 Å². The van der Waals surface area contributed by atoms with Gasteiger partial charge in [0.2, 0.25) is 5.91 Å². The predicted octanol–water partition coefficient (Wildman–Crippen LogP) is 0.208. The molecule has 1 unspecified atom stereocenters. The van der Waals surface area contributed by atoms with Gasteiger partial charge in [0.1, 0.15) is 0 Å². The summed E-state index contributed by atoms with van der Waals surface area (Å²) in [6.45, 7) is 1.83. The third-order valence-electron chi connectivity index (χ3n) is 2.75. The highest BCUT2D eigenvalue weighted by atomic mass is 16.4. The Kier molecular flexibility index (Phi) is 6.11. The summed E-state index contributed by atoms with van der Waals surface area (Å²) < 4.78 is 0. The van der Waals surface area contributed by atoms with Crippen LogP contribution in [0.4, 0.5) is 4.79 Å². The molecule has 19 heavy (non-hydrogen) atoms. The van der Waals surface area contributed by atoms with Crippen molar-refractivity contribution in [1.82, 2.24) is 16.0 Å². The van der Waals surface area contributed by atoms with Crippen LogP contribution in [0.2, 0.25) is 0 Å². The first-order valence-corrected chi connectivity index (χ1v) is 6.56. The van der Waals surface area contributed by atoms with Crippen LogP contribution in [-0.4, -0.2) is 41.6 Å². The van der Waals surface area contributed by atoms with Crippen LogP contribution in [0.3, 0.4) is 0 Å². The van der Waals surface area contributed by atoms with Gasteiger partial charge in [0.05, 0.1) is 13.0 Å². The van der Waals surface area contributed by atoms with Gasteiger partial charge in [-0.05, 0) is 19.3 Å². The Hall–Kier alpha value is -1.79. The number of carboxylic acid groups (broad SMARTS) is 1. The van der Waals surface area contributed by atoms with E-state index in [1.807, 2.05) is 6.92 Å². The van der Waals surface area contributed by atoms with E-state index >= 15 is 0 Å². The molecule has 3 amide bonds. The quantitative estimate of drug-likeness (QED) is 0.506. The van der Waals surface area contributed by atoms with Gasteiger partial charge in [-0.1, -0.05) is 13.3 Å². The fourth-order valence-corrected chi connectivity index (χ4v) is 1.69. The minimum atomic E-state index is -0.953. The van der Waals surface area contributed by atoms with Gasteiger partial charge in [-0.15, -0.1) is 0 Å². The maximum absolute atomic E-state index is 11.5. The third kappa shape index (κ3) is 7.28. The van der Waals surface area contributed by atoms with Gasteiger partial charge in [0.25, 0.3) is 0 Å². The van der Waals surface area contributed by atoms with Crippen LogP contribution in [0.5, 0.6) is 0 Å². The number of nitrogens with one attached hydrogen (secondary N) is 3. The zero-order valence-electron chi connectivity index (χ0n) is 11.1. The summed E-state index contributed by atoms with van der Waals surface area (Å²) >= 11 is 0. The molecule has 0 aromatic carbocycles. The van der Waals surface area contributed by atoms with Crippen molar-refractivity contribution < 1.29 is 19.5 Å². The zero-order chi connectivity index (χ0) is 14.3. The molecule has 0 heterocycles. The largest absolute Gasteiger partial charge is 0.481 e. The van der Waals surface area contributed by atoms with Gasteiger partial charge in [-0.25, -0.2) is 4.79 Å². The topological polar surface area (TPSA) is 108 Å². The van der Waals surface area contributed by atoms with Crippen molar-refractivity contribution in [2.75, 3.05) is 6.54 Å². The molecule has 1 aliphatic carbocycles.